The van der Waals surface area contributed by atoms with Gasteiger partial charge >= 0.3 is 0 Å². The molecule has 0 aliphatic heterocycles. The predicted octanol–water partition coefficient (Wildman–Crippen LogP) is 4.35. The van der Waals surface area contributed by atoms with Gasteiger partial charge in [-0.15, -0.1) is 5.10 Å². The summed E-state index contributed by atoms with van der Waals surface area (Å²) in [7, 11) is 0. The third kappa shape index (κ3) is 3.58. The second-order valence-corrected chi connectivity index (χ2v) is 7.81. The lowest BCUT2D eigenvalue weighted by Crippen LogP contribution is -2.16. The molecule has 0 bridgehead atoms. The molecule has 1 fully saturated rings. The highest BCUT2D eigenvalue weighted by Gasteiger charge is 2.31. The molecule has 0 spiro atoms. The van der Waals surface area contributed by atoms with E-state index in [0.717, 1.165) is 34.5 Å². The van der Waals surface area contributed by atoms with Crippen LogP contribution in [-0.2, 0) is 0 Å². The van der Waals surface area contributed by atoms with Crippen LogP contribution < -0.4 is 5.32 Å². The fourth-order valence-electron chi connectivity index (χ4n) is 3.18. The van der Waals surface area contributed by atoms with E-state index in [1.165, 1.54) is 0 Å². The summed E-state index contributed by atoms with van der Waals surface area (Å²) in [6.07, 6.45) is 5.68. The zero-order valence-corrected chi connectivity index (χ0v) is 17.0. The predicted molar refractivity (Wildman–Crippen MR) is 113 cm³/mol. The highest BCUT2D eigenvalue weighted by atomic mass is 79.9. The third-order valence-corrected chi connectivity index (χ3v) is 5.14. The van der Waals surface area contributed by atoms with Gasteiger partial charge in [0.05, 0.1) is 27.7 Å². The van der Waals surface area contributed by atoms with Crippen LogP contribution >= 0.6 is 15.9 Å². The van der Waals surface area contributed by atoms with Crippen molar-refractivity contribution in [2.45, 2.75) is 18.8 Å². The summed E-state index contributed by atoms with van der Waals surface area (Å²) in [6.45, 7) is 0. The average molecular weight is 449 g/mol. The maximum atomic E-state index is 13.0. The quantitative estimate of drug-likeness (QED) is 0.492. The average Bonchev–Trinajstić information content (AvgIpc) is 3.34. The second-order valence-electron chi connectivity index (χ2n) is 6.89. The number of aromatic nitrogens is 5. The minimum Gasteiger partial charge on any atom is -0.317 e. The fourth-order valence-corrected chi connectivity index (χ4v) is 3.46. The number of benzene rings is 2. The Kier molecular flexibility index (Phi) is 4.48. The smallest absolute Gasteiger partial charge is 0.295 e. The molecule has 0 radical (unpaired) electrons. The van der Waals surface area contributed by atoms with Gasteiger partial charge in [0.1, 0.15) is 5.82 Å². The van der Waals surface area contributed by atoms with Crippen molar-refractivity contribution in [3.63, 3.8) is 0 Å². The van der Waals surface area contributed by atoms with Crippen LogP contribution in [0.5, 0.6) is 0 Å². The van der Waals surface area contributed by atoms with E-state index in [4.69, 9.17) is 0 Å². The molecular formula is C21H17BrN6O. The third-order valence-electron chi connectivity index (χ3n) is 4.73. The van der Waals surface area contributed by atoms with Crippen LogP contribution in [0.2, 0.25) is 0 Å². The largest absolute Gasteiger partial charge is 0.317 e. The summed E-state index contributed by atoms with van der Waals surface area (Å²) in [5.74, 6) is 1.01. The molecule has 0 saturated heterocycles. The zero-order valence-electron chi connectivity index (χ0n) is 15.4. The van der Waals surface area contributed by atoms with E-state index in [9.17, 15) is 4.79 Å². The monoisotopic (exact) mass is 448 g/mol. The molecule has 2 aromatic carbocycles. The molecule has 29 heavy (non-hydrogen) atoms. The van der Waals surface area contributed by atoms with Gasteiger partial charge in [0.2, 0.25) is 5.82 Å². The van der Waals surface area contributed by atoms with Crippen LogP contribution in [0.25, 0.3) is 11.4 Å². The Bertz CT molecular complexity index is 1180. The highest BCUT2D eigenvalue weighted by Crippen LogP contribution is 2.39. The van der Waals surface area contributed by atoms with E-state index in [1.807, 2.05) is 60.8 Å². The number of carbonyl (C=O) groups is 1. The van der Waals surface area contributed by atoms with Crippen molar-refractivity contribution in [2.24, 2.45) is 0 Å². The molecule has 1 N–H and O–H groups in total. The van der Waals surface area contributed by atoms with Gasteiger partial charge in [0.25, 0.3) is 5.91 Å². The van der Waals surface area contributed by atoms with Crippen molar-refractivity contribution in [3.8, 4) is 11.4 Å². The van der Waals surface area contributed by atoms with Gasteiger partial charge in [0, 0.05) is 12.1 Å². The van der Waals surface area contributed by atoms with E-state index in [2.05, 4.69) is 36.4 Å². The lowest BCUT2D eigenvalue weighted by molar-refractivity contribution is 0.101. The van der Waals surface area contributed by atoms with Gasteiger partial charge in [0.15, 0.2) is 0 Å². The molecule has 7 nitrogen and oxygen atoms in total. The number of nitrogens with zero attached hydrogens (tertiary/aromatic N) is 5. The van der Waals surface area contributed by atoms with E-state index in [1.54, 1.807) is 15.6 Å². The van der Waals surface area contributed by atoms with E-state index >= 15 is 0 Å². The SMILES string of the molecule is O=C(Nc1ccccc1-n1cc(Br)cn1)c1nc(C2CC2)n(-c2ccccc2)n1. The number of rotatable bonds is 5. The van der Waals surface area contributed by atoms with Crippen LogP contribution in [0, 0.1) is 0 Å². The van der Waals surface area contributed by atoms with Crippen LogP contribution in [-0.4, -0.2) is 30.5 Å². The summed E-state index contributed by atoms with van der Waals surface area (Å²) < 4.78 is 4.34. The van der Waals surface area contributed by atoms with Crippen LogP contribution in [0.15, 0.2) is 71.5 Å². The zero-order chi connectivity index (χ0) is 19.8. The number of hydrogen-bond acceptors (Lipinski definition) is 4. The molecule has 0 unspecified atom stereocenters. The molecule has 1 amide bonds. The summed E-state index contributed by atoms with van der Waals surface area (Å²) in [4.78, 5) is 17.5. The Hall–Kier alpha value is -3.26. The highest BCUT2D eigenvalue weighted by molar-refractivity contribution is 9.10. The van der Waals surface area contributed by atoms with Gasteiger partial charge in [-0.1, -0.05) is 30.3 Å². The summed E-state index contributed by atoms with van der Waals surface area (Å²) in [5.41, 5.74) is 2.30. The Balaban J connectivity index is 1.47. The second kappa shape index (κ2) is 7.29. The molecule has 8 heteroatoms. The van der Waals surface area contributed by atoms with Crippen molar-refractivity contribution in [2.75, 3.05) is 5.32 Å². The molecule has 4 aromatic rings. The number of para-hydroxylation sites is 3. The van der Waals surface area contributed by atoms with Crippen LogP contribution in [0.1, 0.15) is 35.2 Å². The lowest BCUT2D eigenvalue weighted by Gasteiger charge is -2.09. The molecule has 1 aliphatic rings. The van der Waals surface area contributed by atoms with Gasteiger partial charge in [-0.05, 0) is 53.0 Å². The maximum Gasteiger partial charge on any atom is 0.295 e. The van der Waals surface area contributed by atoms with E-state index < -0.39 is 0 Å². The Morgan fingerprint density at radius 1 is 1.07 bits per heavy atom. The van der Waals surface area contributed by atoms with Gasteiger partial charge in [-0.25, -0.2) is 14.3 Å². The first-order chi connectivity index (χ1) is 14.2. The molecule has 1 saturated carbocycles. The van der Waals surface area contributed by atoms with Crippen molar-refractivity contribution < 1.29 is 4.79 Å². The minimum absolute atomic E-state index is 0.159. The van der Waals surface area contributed by atoms with Crippen LogP contribution in [0.3, 0.4) is 0 Å². The topological polar surface area (TPSA) is 77.6 Å². The number of hydrogen-bond donors (Lipinski definition) is 1. The lowest BCUT2D eigenvalue weighted by atomic mass is 10.2. The first-order valence-electron chi connectivity index (χ1n) is 9.32. The van der Waals surface area contributed by atoms with Gasteiger partial charge in [-0.3, -0.25) is 4.79 Å². The van der Waals surface area contributed by atoms with Crippen LogP contribution in [0.4, 0.5) is 5.69 Å². The Morgan fingerprint density at radius 3 is 2.55 bits per heavy atom. The molecule has 0 atom stereocenters. The number of amides is 1. The van der Waals surface area contributed by atoms with Gasteiger partial charge < -0.3 is 5.32 Å². The number of anilines is 1. The summed E-state index contributed by atoms with van der Waals surface area (Å²) in [6, 6.07) is 17.3. The van der Waals surface area contributed by atoms with Crippen molar-refractivity contribution in [1.82, 2.24) is 24.5 Å². The normalized spacial score (nSPS) is 13.4. The number of carbonyl (C=O) groups excluding carboxylic acids is 1. The minimum atomic E-state index is -0.347. The van der Waals surface area contributed by atoms with Crippen molar-refractivity contribution in [1.29, 1.82) is 0 Å². The summed E-state index contributed by atoms with van der Waals surface area (Å²) in [5, 5.41) is 11.7. The fraction of sp³-hybridized carbons (Fsp3) is 0.143. The van der Waals surface area contributed by atoms with Crippen molar-refractivity contribution >= 4 is 27.5 Å². The summed E-state index contributed by atoms with van der Waals surface area (Å²) >= 11 is 3.40. The molecule has 2 aromatic heterocycles. The van der Waals surface area contributed by atoms with Crippen molar-refractivity contribution in [3.05, 3.63) is 83.1 Å². The standard InChI is InChI=1S/C21H17BrN6O/c22-15-12-23-27(13-15)18-9-5-4-8-17(18)24-21(29)19-25-20(14-10-11-14)28(26-19)16-6-2-1-3-7-16/h1-9,12-14H,10-11H2,(H,24,29). The number of nitrogens with one attached hydrogen (secondary N) is 1. The Morgan fingerprint density at radius 2 is 1.83 bits per heavy atom. The van der Waals surface area contributed by atoms with E-state index in [0.29, 0.717) is 11.6 Å². The first kappa shape index (κ1) is 17.8. The van der Waals surface area contributed by atoms with E-state index in [-0.39, 0.29) is 11.7 Å². The molecule has 5 rings (SSSR count). The number of halogens is 1. The molecule has 2 heterocycles. The van der Waals surface area contributed by atoms with Gasteiger partial charge in [-0.2, -0.15) is 5.10 Å². The maximum absolute atomic E-state index is 13.0. The first-order valence-corrected chi connectivity index (χ1v) is 10.1. The Labute approximate surface area is 175 Å². The molecular weight excluding hydrogens is 432 g/mol. The molecule has 1 aliphatic carbocycles. The molecule has 144 valence electrons.